The lowest BCUT2D eigenvalue weighted by Crippen LogP contribution is -2.60. The summed E-state index contributed by atoms with van der Waals surface area (Å²) in [5.41, 5.74) is -2.99. The molecule has 0 aliphatic carbocycles. The number of likely N-dealkylation sites (N-methyl/N-ethyl adjacent to an activating group) is 1. The van der Waals surface area contributed by atoms with Crippen molar-refractivity contribution in [2.24, 2.45) is 17.8 Å². The lowest BCUT2D eigenvalue weighted by molar-refractivity contribution is -0.318. The third-order valence-electron chi connectivity index (χ3n) is 15.0. The van der Waals surface area contributed by atoms with Gasteiger partial charge in [0.1, 0.15) is 30.0 Å². The Hall–Kier alpha value is -3.17. The number of esters is 1. The number of rotatable bonds is 13. The van der Waals surface area contributed by atoms with Crippen molar-refractivity contribution in [3.63, 3.8) is 0 Å². The standard InChI is InChI=1S/C52H84N4O13/c1-14-40-52(10,63)45(59)34(6)56(23-17-22-53-41(57)21-20-36-25-37-18-15-16-19-38(37)54-28-36)29-30(2)26-50(8,62)47(69-49-43(58)39(55(11)12)24-31(3)65-49)32(4)44(33(5)48(61)67-40)68-42-27-51(9,64-13)46(60)35(7)66-42/h15-16,18-21,25,28,30-35,39-40,42-47,49,58-60,62-63H,14,17,22-24,26-27,29H2,1-13H3,(H,53,57)/b21-20+/t30-,31-,32+,33-,34-,35+,39+,40-,42+,43-,44+,45-,46+,47-,49+,50-,51-,52-/m1/s1. The van der Waals surface area contributed by atoms with Crippen LogP contribution in [0.4, 0.5) is 0 Å². The van der Waals surface area contributed by atoms with Crippen LogP contribution in [0.1, 0.15) is 107 Å². The monoisotopic (exact) mass is 973 g/mol. The van der Waals surface area contributed by atoms with Gasteiger partial charge in [-0.1, -0.05) is 39.0 Å². The number of para-hydroxylation sites is 1. The Labute approximate surface area is 409 Å². The molecule has 1 aromatic carbocycles. The van der Waals surface area contributed by atoms with Gasteiger partial charge in [-0.15, -0.1) is 0 Å². The van der Waals surface area contributed by atoms with Crippen molar-refractivity contribution in [2.45, 2.75) is 192 Å². The van der Waals surface area contributed by atoms with Crippen molar-refractivity contribution >= 4 is 28.9 Å². The maximum Gasteiger partial charge on any atom is 0.311 e. The minimum atomic E-state index is -1.92. The fraction of sp³-hybridized carbons (Fsp3) is 0.750. The molecule has 6 N–H and O–H groups in total. The molecule has 3 saturated heterocycles. The second-order valence-electron chi connectivity index (χ2n) is 21.2. The molecule has 390 valence electrons. The molecule has 1 amide bonds. The third kappa shape index (κ3) is 13.9. The minimum Gasteiger partial charge on any atom is -0.459 e. The van der Waals surface area contributed by atoms with E-state index in [0.717, 1.165) is 16.5 Å². The summed E-state index contributed by atoms with van der Waals surface area (Å²) in [7, 11) is 5.25. The fourth-order valence-corrected chi connectivity index (χ4v) is 10.8. The van der Waals surface area contributed by atoms with Gasteiger partial charge in [0.2, 0.25) is 5.91 Å². The van der Waals surface area contributed by atoms with E-state index in [-0.39, 0.29) is 43.2 Å². The molecule has 69 heavy (non-hydrogen) atoms. The first-order valence-electron chi connectivity index (χ1n) is 24.9. The topological polar surface area (TPSA) is 222 Å². The van der Waals surface area contributed by atoms with Crippen LogP contribution in [-0.4, -0.2) is 183 Å². The first kappa shape index (κ1) is 56.7. The number of ether oxygens (including phenoxy) is 6. The van der Waals surface area contributed by atoms with Crippen LogP contribution >= 0.6 is 0 Å². The molecule has 0 unspecified atom stereocenters. The van der Waals surface area contributed by atoms with Crippen LogP contribution in [0.3, 0.4) is 0 Å². The van der Waals surface area contributed by atoms with E-state index in [4.69, 9.17) is 28.4 Å². The Morgan fingerprint density at radius 1 is 1.00 bits per heavy atom. The summed E-state index contributed by atoms with van der Waals surface area (Å²) in [6.45, 7) is 18.5. The maximum absolute atomic E-state index is 14.6. The lowest BCUT2D eigenvalue weighted by atomic mass is 9.77. The number of pyridine rings is 1. The van der Waals surface area contributed by atoms with E-state index >= 15 is 0 Å². The van der Waals surface area contributed by atoms with E-state index in [1.807, 2.05) is 75.0 Å². The lowest BCUT2D eigenvalue weighted by Gasteiger charge is -2.48. The van der Waals surface area contributed by atoms with E-state index in [9.17, 15) is 35.1 Å². The molecule has 17 nitrogen and oxygen atoms in total. The number of amides is 1. The molecule has 3 aliphatic heterocycles. The van der Waals surface area contributed by atoms with Gasteiger partial charge >= 0.3 is 5.97 Å². The number of cyclic esters (lactones) is 1. The summed E-state index contributed by atoms with van der Waals surface area (Å²) in [6.07, 6.45) is -3.69. The van der Waals surface area contributed by atoms with E-state index < -0.39 is 96.0 Å². The van der Waals surface area contributed by atoms with Gasteiger partial charge in [-0.3, -0.25) is 19.5 Å². The molecule has 0 bridgehead atoms. The molecule has 0 radical (unpaired) electrons. The van der Waals surface area contributed by atoms with E-state index in [1.54, 1.807) is 53.8 Å². The number of benzene rings is 1. The first-order chi connectivity index (χ1) is 32.3. The molecule has 4 heterocycles. The second kappa shape index (κ2) is 24.0. The largest absolute Gasteiger partial charge is 0.459 e. The highest BCUT2D eigenvalue weighted by Gasteiger charge is 2.53. The molecule has 1 aromatic heterocycles. The molecular weight excluding hydrogens is 889 g/mol. The van der Waals surface area contributed by atoms with Crippen LogP contribution in [0.2, 0.25) is 0 Å². The Morgan fingerprint density at radius 3 is 2.36 bits per heavy atom. The van der Waals surface area contributed by atoms with Gasteiger partial charge < -0.3 is 64.2 Å². The Kier molecular flexibility index (Phi) is 19.8. The highest BCUT2D eigenvalue weighted by atomic mass is 16.7. The predicted molar refractivity (Wildman–Crippen MR) is 262 cm³/mol. The van der Waals surface area contributed by atoms with Crippen LogP contribution in [0.25, 0.3) is 17.0 Å². The zero-order chi connectivity index (χ0) is 51.2. The zero-order valence-corrected chi connectivity index (χ0v) is 43.3. The van der Waals surface area contributed by atoms with E-state index in [2.05, 4.69) is 10.3 Å². The summed E-state index contributed by atoms with van der Waals surface area (Å²) in [4.78, 5) is 35.9. The summed E-state index contributed by atoms with van der Waals surface area (Å²) < 4.78 is 38.1. The van der Waals surface area contributed by atoms with Crippen molar-refractivity contribution < 1.29 is 63.5 Å². The second-order valence-corrected chi connectivity index (χ2v) is 21.2. The summed E-state index contributed by atoms with van der Waals surface area (Å²) in [5.74, 6) is -3.17. The number of hydrogen-bond donors (Lipinski definition) is 6. The number of aromatic nitrogens is 1. The smallest absolute Gasteiger partial charge is 0.311 e. The number of carbonyl (C=O) groups excluding carboxylic acids is 2. The Morgan fingerprint density at radius 2 is 1.70 bits per heavy atom. The van der Waals surface area contributed by atoms with Gasteiger partial charge in [-0.05, 0) is 118 Å². The van der Waals surface area contributed by atoms with Gasteiger partial charge in [-0.25, -0.2) is 0 Å². The molecule has 3 aliphatic rings. The fourth-order valence-electron chi connectivity index (χ4n) is 10.8. The number of aliphatic hydroxyl groups excluding tert-OH is 3. The molecule has 17 heteroatoms. The highest BCUT2D eigenvalue weighted by Crippen LogP contribution is 2.40. The van der Waals surface area contributed by atoms with Gasteiger partial charge in [0.05, 0.1) is 47.1 Å². The molecule has 5 rings (SSSR count). The molecule has 0 spiro atoms. The zero-order valence-electron chi connectivity index (χ0n) is 43.3. The number of aliphatic hydroxyl groups is 5. The predicted octanol–water partition coefficient (Wildman–Crippen LogP) is 4.04. The van der Waals surface area contributed by atoms with Crippen LogP contribution in [0.5, 0.6) is 0 Å². The van der Waals surface area contributed by atoms with Crippen molar-refractivity contribution in [2.75, 3.05) is 40.8 Å². The summed E-state index contributed by atoms with van der Waals surface area (Å²) in [5, 5.41) is 63.9. The number of methoxy groups -OCH3 is 1. The maximum atomic E-state index is 14.6. The molecule has 2 aromatic rings. The molecular formula is C52H84N4O13. The average Bonchev–Trinajstić information content (AvgIpc) is 3.30. The summed E-state index contributed by atoms with van der Waals surface area (Å²) in [6, 6.07) is 8.71. The normalized spacial score (nSPS) is 40.3. The highest BCUT2D eigenvalue weighted by molar-refractivity contribution is 5.92. The number of fused-ring (bicyclic) bond motifs is 1. The molecule has 18 atom stereocenters. The third-order valence-corrected chi connectivity index (χ3v) is 15.0. The van der Waals surface area contributed by atoms with Crippen LogP contribution in [0.15, 0.2) is 42.6 Å². The number of nitrogens with one attached hydrogen (secondary N) is 1. The quantitative estimate of drug-likeness (QED) is 0.0948. The number of nitrogens with zero attached hydrogens (tertiary/aromatic N) is 3. The Balaban J connectivity index is 1.46. The summed E-state index contributed by atoms with van der Waals surface area (Å²) >= 11 is 0. The number of hydrogen-bond acceptors (Lipinski definition) is 16. The first-order valence-corrected chi connectivity index (χ1v) is 24.9. The van der Waals surface area contributed by atoms with Crippen LogP contribution in [-0.2, 0) is 38.0 Å². The molecule has 3 fully saturated rings. The SMILES string of the molecule is CC[C@H]1OC(=O)[C@H](C)[C@@H](O[C@H]2C[C@@](C)(OC)[C@@H](O)[C@H](C)O2)[C@H](C)[C@@H](O[C@@H]2O[C@H](C)C[C@H](N(C)C)[C@H]2O)[C@](C)(O)C[C@@H](C)CN(CCCNC(=O)/C=C/c2cnc3ccccc3c2)[C@H](C)[C@@H](O)[C@]1(C)O. The van der Waals surface area contributed by atoms with Gasteiger partial charge in [0, 0.05) is 68.8 Å². The van der Waals surface area contributed by atoms with Gasteiger partial charge in [-0.2, -0.15) is 0 Å². The average molecular weight is 973 g/mol. The van der Waals surface area contributed by atoms with Crippen molar-refractivity contribution in [3.8, 4) is 0 Å². The van der Waals surface area contributed by atoms with Crippen LogP contribution in [0, 0.1) is 17.8 Å². The molecule has 0 saturated carbocycles. The minimum absolute atomic E-state index is 0.0983. The van der Waals surface area contributed by atoms with E-state index in [1.165, 1.54) is 20.1 Å². The van der Waals surface area contributed by atoms with Gasteiger partial charge in [0.25, 0.3) is 0 Å². The van der Waals surface area contributed by atoms with E-state index in [0.29, 0.717) is 32.5 Å². The van der Waals surface area contributed by atoms with Crippen molar-refractivity contribution in [3.05, 3.63) is 48.2 Å². The Bertz CT molecular complexity index is 2000. The van der Waals surface area contributed by atoms with Gasteiger partial charge in [0.15, 0.2) is 12.6 Å². The van der Waals surface area contributed by atoms with Crippen LogP contribution < -0.4 is 5.32 Å². The number of carbonyl (C=O) groups is 2. The van der Waals surface area contributed by atoms with Crippen molar-refractivity contribution in [1.29, 1.82) is 0 Å². The van der Waals surface area contributed by atoms with Crippen molar-refractivity contribution in [1.82, 2.24) is 20.1 Å².